The molecule has 1 aliphatic heterocycles. The zero-order valence-electron chi connectivity index (χ0n) is 16.9. The van der Waals surface area contributed by atoms with E-state index < -0.39 is 0 Å². The molecule has 29 heavy (non-hydrogen) atoms. The van der Waals surface area contributed by atoms with E-state index in [1.807, 2.05) is 31.2 Å². The highest BCUT2D eigenvalue weighted by Gasteiger charge is 2.23. The Hall–Kier alpha value is -3.33. The Morgan fingerprint density at radius 2 is 1.97 bits per heavy atom. The van der Waals surface area contributed by atoms with E-state index in [-0.39, 0.29) is 17.7 Å². The summed E-state index contributed by atoms with van der Waals surface area (Å²) in [5.74, 6) is 0.263. The Labute approximate surface area is 171 Å². The second-order valence-electron chi connectivity index (χ2n) is 7.56. The molecule has 2 N–H and O–H groups in total. The maximum absolute atomic E-state index is 12.2. The fraction of sp³-hybridized carbons (Fsp3) is 0.348. The first-order valence-corrected chi connectivity index (χ1v) is 9.88. The van der Waals surface area contributed by atoms with Crippen molar-refractivity contribution in [2.45, 2.75) is 26.7 Å². The van der Waals surface area contributed by atoms with Gasteiger partial charge in [0.25, 0.3) is 0 Å². The van der Waals surface area contributed by atoms with Crippen LogP contribution in [-0.4, -0.2) is 31.4 Å². The quantitative estimate of drug-likeness (QED) is 0.753. The lowest BCUT2D eigenvalue weighted by atomic mass is 9.96. The third-order valence-corrected chi connectivity index (χ3v) is 5.25. The summed E-state index contributed by atoms with van der Waals surface area (Å²) in [5, 5.41) is 15.2. The van der Waals surface area contributed by atoms with Gasteiger partial charge in [-0.1, -0.05) is 17.7 Å². The molecule has 0 aromatic heterocycles. The first-order chi connectivity index (χ1) is 14.0. The highest BCUT2D eigenvalue weighted by molar-refractivity contribution is 5.95. The number of nitrogens with zero attached hydrogens (tertiary/aromatic N) is 2. The van der Waals surface area contributed by atoms with E-state index in [2.05, 4.69) is 21.6 Å². The molecule has 150 valence electrons. The van der Waals surface area contributed by atoms with Crippen molar-refractivity contribution in [2.75, 3.05) is 29.9 Å². The van der Waals surface area contributed by atoms with E-state index in [0.29, 0.717) is 17.7 Å². The molecule has 1 saturated heterocycles. The Morgan fingerprint density at radius 3 is 2.66 bits per heavy atom. The summed E-state index contributed by atoms with van der Waals surface area (Å²) in [4.78, 5) is 26.1. The zero-order valence-corrected chi connectivity index (χ0v) is 16.9. The molecule has 0 bridgehead atoms. The summed E-state index contributed by atoms with van der Waals surface area (Å²) in [7, 11) is 0. The number of urea groups is 1. The van der Waals surface area contributed by atoms with Crippen molar-refractivity contribution in [1.82, 2.24) is 5.32 Å². The van der Waals surface area contributed by atoms with E-state index in [9.17, 15) is 14.9 Å². The molecule has 2 aromatic carbocycles. The Morgan fingerprint density at radius 1 is 1.21 bits per heavy atom. The van der Waals surface area contributed by atoms with Gasteiger partial charge in [0.2, 0.25) is 0 Å². The van der Waals surface area contributed by atoms with Gasteiger partial charge in [0.1, 0.15) is 6.07 Å². The number of piperidine rings is 1. The van der Waals surface area contributed by atoms with Gasteiger partial charge >= 0.3 is 6.03 Å². The first kappa shape index (κ1) is 20.4. The zero-order chi connectivity index (χ0) is 20.8. The molecule has 0 spiro atoms. The number of carbonyl (C=O) groups is 2. The Bertz CT molecular complexity index is 931. The Kier molecular flexibility index (Phi) is 6.50. The molecule has 0 aliphatic carbocycles. The van der Waals surface area contributed by atoms with Crippen LogP contribution in [0.5, 0.6) is 0 Å². The lowest BCUT2D eigenvalue weighted by molar-refractivity contribution is 0.101. The number of nitriles is 1. The van der Waals surface area contributed by atoms with Crippen LogP contribution in [-0.2, 0) is 0 Å². The number of amides is 2. The number of nitrogens with one attached hydrogen (secondary N) is 2. The number of aryl methyl sites for hydroxylation is 1. The van der Waals surface area contributed by atoms with Gasteiger partial charge in [-0.25, -0.2) is 4.79 Å². The molecule has 2 aromatic rings. The van der Waals surface area contributed by atoms with Crippen LogP contribution in [0.15, 0.2) is 42.5 Å². The van der Waals surface area contributed by atoms with E-state index >= 15 is 0 Å². The minimum atomic E-state index is -0.220. The SMILES string of the molecule is CC(=O)c1ccc(C#N)c(N2CCCC(CNC(=O)Nc3ccc(C)cc3)C2)c1. The predicted molar refractivity (Wildman–Crippen MR) is 114 cm³/mol. The van der Waals surface area contributed by atoms with Crippen molar-refractivity contribution >= 4 is 23.2 Å². The van der Waals surface area contributed by atoms with E-state index in [1.165, 1.54) is 6.92 Å². The number of carbonyl (C=O) groups excluding carboxylic acids is 2. The van der Waals surface area contributed by atoms with Crippen molar-refractivity contribution in [2.24, 2.45) is 5.92 Å². The first-order valence-electron chi connectivity index (χ1n) is 9.88. The van der Waals surface area contributed by atoms with Crippen LogP contribution < -0.4 is 15.5 Å². The standard InChI is InChI=1S/C23H26N4O2/c1-16-5-9-21(10-6-16)26-23(29)25-14-18-4-3-11-27(15-18)22-12-19(17(2)28)7-8-20(22)13-24/h5-10,12,18H,3-4,11,14-15H2,1-2H3,(H2,25,26,29). The number of hydrogen-bond acceptors (Lipinski definition) is 4. The lowest BCUT2D eigenvalue weighted by Gasteiger charge is -2.35. The minimum absolute atomic E-state index is 0.0151. The Balaban J connectivity index is 1.60. The third-order valence-electron chi connectivity index (χ3n) is 5.25. The topological polar surface area (TPSA) is 85.2 Å². The average Bonchev–Trinajstić information content (AvgIpc) is 2.73. The molecule has 0 saturated carbocycles. The van der Waals surface area contributed by atoms with Gasteiger partial charge in [-0.2, -0.15) is 5.26 Å². The number of anilines is 2. The van der Waals surface area contributed by atoms with Gasteiger partial charge < -0.3 is 15.5 Å². The van der Waals surface area contributed by atoms with Crippen molar-refractivity contribution in [1.29, 1.82) is 5.26 Å². The molecule has 3 rings (SSSR count). The van der Waals surface area contributed by atoms with Gasteiger partial charge in [0, 0.05) is 30.9 Å². The molecule has 0 radical (unpaired) electrons. The molecular formula is C23H26N4O2. The predicted octanol–water partition coefficient (Wildman–Crippen LogP) is 4.11. The molecule has 6 heteroatoms. The summed E-state index contributed by atoms with van der Waals surface area (Å²) < 4.78 is 0. The van der Waals surface area contributed by atoms with Gasteiger partial charge in [-0.05, 0) is 62.9 Å². The number of Topliss-reactive ketones (excluding diaryl/α,β-unsaturated/α-hetero) is 1. The summed E-state index contributed by atoms with van der Waals surface area (Å²) in [6, 6.07) is 14.9. The molecule has 1 unspecified atom stereocenters. The second-order valence-corrected chi connectivity index (χ2v) is 7.56. The number of hydrogen-bond donors (Lipinski definition) is 2. The normalized spacial score (nSPS) is 16.0. The van der Waals surface area contributed by atoms with Crippen molar-refractivity contribution in [3.05, 3.63) is 59.2 Å². The monoisotopic (exact) mass is 390 g/mol. The number of rotatable bonds is 5. The molecule has 2 amide bonds. The molecule has 6 nitrogen and oxygen atoms in total. The third kappa shape index (κ3) is 5.35. The highest BCUT2D eigenvalue weighted by atomic mass is 16.2. The molecule has 1 heterocycles. The summed E-state index contributed by atoms with van der Waals surface area (Å²) in [5.41, 5.74) is 3.88. The number of ketones is 1. The summed E-state index contributed by atoms with van der Waals surface area (Å²) in [6.07, 6.45) is 1.98. The smallest absolute Gasteiger partial charge is 0.319 e. The fourth-order valence-electron chi connectivity index (χ4n) is 3.61. The van der Waals surface area contributed by atoms with Crippen LogP contribution in [0.3, 0.4) is 0 Å². The average molecular weight is 390 g/mol. The van der Waals surface area contributed by atoms with Crippen LogP contribution in [0, 0.1) is 24.2 Å². The van der Waals surface area contributed by atoms with E-state index in [1.54, 1.807) is 18.2 Å². The second kappa shape index (κ2) is 9.24. The lowest BCUT2D eigenvalue weighted by Crippen LogP contribution is -2.42. The van der Waals surface area contributed by atoms with E-state index in [4.69, 9.17) is 0 Å². The van der Waals surface area contributed by atoms with Crippen molar-refractivity contribution in [3.63, 3.8) is 0 Å². The van der Waals surface area contributed by atoms with Crippen molar-refractivity contribution < 1.29 is 9.59 Å². The maximum atomic E-state index is 12.2. The highest BCUT2D eigenvalue weighted by Crippen LogP contribution is 2.27. The van der Waals surface area contributed by atoms with Gasteiger partial charge in [0.15, 0.2) is 5.78 Å². The van der Waals surface area contributed by atoms with Crippen molar-refractivity contribution in [3.8, 4) is 6.07 Å². The van der Waals surface area contributed by atoms with Crippen LogP contribution >= 0.6 is 0 Å². The largest absolute Gasteiger partial charge is 0.370 e. The number of benzene rings is 2. The van der Waals surface area contributed by atoms with Gasteiger partial charge in [-0.15, -0.1) is 0 Å². The van der Waals surface area contributed by atoms with E-state index in [0.717, 1.165) is 42.9 Å². The fourth-order valence-corrected chi connectivity index (χ4v) is 3.61. The summed E-state index contributed by atoms with van der Waals surface area (Å²) in [6.45, 7) is 5.66. The van der Waals surface area contributed by atoms with Crippen LogP contribution in [0.4, 0.5) is 16.2 Å². The molecular weight excluding hydrogens is 364 g/mol. The minimum Gasteiger partial charge on any atom is -0.370 e. The van der Waals surface area contributed by atoms with Gasteiger partial charge in [0.05, 0.1) is 11.3 Å². The molecule has 1 aliphatic rings. The molecule has 1 fully saturated rings. The van der Waals surface area contributed by atoms with Crippen LogP contribution in [0.2, 0.25) is 0 Å². The summed E-state index contributed by atoms with van der Waals surface area (Å²) >= 11 is 0. The van der Waals surface area contributed by atoms with Crippen LogP contribution in [0.25, 0.3) is 0 Å². The van der Waals surface area contributed by atoms with Gasteiger partial charge in [-0.3, -0.25) is 4.79 Å². The van der Waals surface area contributed by atoms with Crippen LogP contribution in [0.1, 0.15) is 41.3 Å². The maximum Gasteiger partial charge on any atom is 0.319 e. The molecule has 1 atom stereocenters.